The number of hydrogen-bond acceptors (Lipinski definition) is 6. The fraction of sp³-hybridized carbons (Fsp3) is 0.286. The summed E-state index contributed by atoms with van der Waals surface area (Å²) < 4.78 is 0.743. The van der Waals surface area contributed by atoms with Crippen LogP contribution in [0.5, 0.6) is 0 Å². The minimum absolute atomic E-state index is 0.0480. The molecule has 0 aliphatic carbocycles. The number of nitrogens with one attached hydrogen (secondary N) is 1. The summed E-state index contributed by atoms with van der Waals surface area (Å²) in [7, 11) is 0. The highest BCUT2D eigenvalue weighted by molar-refractivity contribution is 8.01. The SMILES string of the molecule is CC(=O)[C@H](Cc1ccccc1)NC(=O)CSc1nncs1. The van der Waals surface area contributed by atoms with Gasteiger partial charge in [0.25, 0.3) is 0 Å². The van der Waals surface area contributed by atoms with Gasteiger partial charge < -0.3 is 5.32 Å². The van der Waals surface area contributed by atoms with Crippen LogP contribution in [-0.4, -0.2) is 33.7 Å². The molecular formula is C14H15N3O2S2. The molecule has 7 heteroatoms. The summed E-state index contributed by atoms with van der Waals surface area (Å²) in [4.78, 5) is 23.6. The van der Waals surface area contributed by atoms with E-state index in [4.69, 9.17) is 0 Å². The lowest BCUT2D eigenvalue weighted by atomic mass is 10.0. The van der Waals surface area contributed by atoms with Gasteiger partial charge in [-0.05, 0) is 18.9 Å². The van der Waals surface area contributed by atoms with Crippen LogP contribution >= 0.6 is 23.1 Å². The van der Waals surface area contributed by atoms with Crippen molar-refractivity contribution in [2.24, 2.45) is 0 Å². The number of nitrogens with zero attached hydrogens (tertiary/aromatic N) is 2. The molecule has 1 atom stereocenters. The van der Waals surface area contributed by atoms with E-state index in [1.54, 1.807) is 5.51 Å². The van der Waals surface area contributed by atoms with Crippen molar-refractivity contribution >= 4 is 34.8 Å². The van der Waals surface area contributed by atoms with Crippen LogP contribution in [0.15, 0.2) is 40.2 Å². The van der Waals surface area contributed by atoms with Crippen LogP contribution in [-0.2, 0) is 16.0 Å². The minimum Gasteiger partial charge on any atom is -0.345 e. The number of aromatic nitrogens is 2. The van der Waals surface area contributed by atoms with Gasteiger partial charge in [0, 0.05) is 0 Å². The summed E-state index contributed by atoms with van der Waals surface area (Å²) >= 11 is 2.70. The highest BCUT2D eigenvalue weighted by Gasteiger charge is 2.17. The lowest BCUT2D eigenvalue weighted by Crippen LogP contribution is -2.42. The van der Waals surface area contributed by atoms with Crippen LogP contribution in [0.25, 0.3) is 0 Å². The molecule has 0 saturated heterocycles. The van der Waals surface area contributed by atoms with Gasteiger partial charge in [-0.2, -0.15) is 0 Å². The summed E-state index contributed by atoms with van der Waals surface area (Å²) in [6.45, 7) is 1.49. The number of rotatable bonds is 7. The van der Waals surface area contributed by atoms with E-state index >= 15 is 0 Å². The fourth-order valence-corrected chi connectivity index (χ4v) is 3.03. The zero-order valence-electron chi connectivity index (χ0n) is 11.5. The van der Waals surface area contributed by atoms with Crippen molar-refractivity contribution in [3.8, 4) is 0 Å². The molecule has 2 rings (SSSR count). The molecule has 1 aromatic carbocycles. The lowest BCUT2D eigenvalue weighted by molar-refractivity contribution is -0.125. The highest BCUT2D eigenvalue weighted by Crippen LogP contribution is 2.18. The van der Waals surface area contributed by atoms with Crippen molar-refractivity contribution in [3.63, 3.8) is 0 Å². The maximum atomic E-state index is 11.9. The molecular weight excluding hydrogens is 306 g/mol. The van der Waals surface area contributed by atoms with E-state index in [0.29, 0.717) is 6.42 Å². The number of ketones is 1. The van der Waals surface area contributed by atoms with Crippen LogP contribution in [0.1, 0.15) is 12.5 Å². The molecule has 0 aliphatic rings. The van der Waals surface area contributed by atoms with Crippen molar-refractivity contribution in [2.75, 3.05) is 5.75 Å². The van der Waals surface area contributed by atoms with E-state index in [1.807, 2.05) is 30.3 Å². The maximum Gasteiger partial charge on any atom is 0.231 e. The summed E-state index contributed by atoms with van der Waals surface area (Å²) in [5.74, 6) is 0.00719. The Morgan fingerprint density at radius 1 is 1.33 bits per heavy atom. The molecule has 1 heterocycles. The fourth-order valence-electron chi connectivity index (χ4n) is 1.74. The van der Waals surface area contributed by atoms with Crippen molar-refractivity contribution in [2.45, 2.75) is 23.7 Å². The largest absolute Gasteiger partial charge is 0.345 e. The Morgan fingerprint density at radius 3 is 2.71 bits per heavy atom. The minimum atomic E-state index is -0.491. The lowest BCUT2D eigenvalue weighted by Gasteiger charge is -2.15. The topological polar surface area (TPSA) is 72.0 Å². The number of amides is 1. The van der Waals surface area contributed by atoms with Gasteiger partial charge in [0.1, 0.15) is 5.51 Å². The molecule has 0 saturated carbocycles. The maximum absolute atomic E-state index is 11.9. The Hall–Kier alpha value is -1.73. The van der Waals surface area contributed by atoms with Gasteiger partial charge in [0.05, 0.1) is 11.8 Å². The molecule has 1 aromatic heterocycles. The molecule has 0 spiro atoms. The molecule has 0 fully saturated rings. The molecule has 110 valence electrons. The van der Waals surface area contributed by atoms with Crippen molar-refractivity contribution in [1.29, 1.82) is 0 Å². The summed E-state index contributed by atoms with van der Waals surface area (Å²) in [5, 5.41) is 10.3. The molecule has 1 amide bonds. The monoisotopic (exact) mass is 321 g/mol. The van der Waals surface area contributed by atoms with Crippen LogP contribution in [0.4, 0.5) is 0 Å². The second-order valence-electron chi connectivity index (χ2n) is 4.41. The Morgan fingerprint density at radius 2 is 2.10 bits per heavy atom. The first-order valence-corrected chi connectivity index (χ1v) is 8.24. The molecule has 0 aliphatic heterocycles. The molecule has 1 N–H and O–H groups in total. The Labute approximate surface area is 131 Å². The van der Waals surface area contributed by atoms with Gasteiger partial charge in [-0.25, -0.2) is 0 Å². The average molecular weight is 321 g/mol. The van der Waals surface area contributed by atoms with Crippen molar-refractivity contribution in [1.82, 2.24) is 15.5 Å². The summed E-state index contributed by atoms with van der Waals surface area (Å²) in [6.07, 6.45) is 0.505. The average Bonchev–Trinajstić information content (AvgIpc) is 2.99. The van der Waals surface area contributed by atoms with Crippen LogP contribution < -0.4 is 5.32 Å². The first-order valence-electron chi connectivity index (χ1n) is 6.38. The Balaban J connectivity index is 1.87. The van der Waals surface area contributed by atoms with E-state index in [1.165, 1.54) is 30.0 Å². The highest BCUT2D eigenvalue weighted by atomic mass is 32.2. The Kier molecular flexibility index (Phi) is 5.89. The van der Waals surface area contributed by atoms with Crippen LogP contribution in [0.3, 0.4) is 0 Å². The molecule has 21 heavy (non-hydrogen) atoms. The molecule has 5 nitrogen and oxygen atoms in total. The third-order valence-electron chi connectivity index (χ3n) is 2.78. The van der Waals surface area contributed by atoms with Crippen molar-refractivity contribution < 1.29 is 9.59 Å². The van der Waals surface area contributed by atoms with Crippen LogP contribution in [0, 0.1) is 0 Å². The number of hydrogen-bond donors (Lipinski definition) is 1. The number of thioether (sulfide) groups is 1. The van der Waals surface area contributed by atoms with Gasteiger partial charge in [-0.15, -0.1) is 10.2 Å². The molecule has 0 unspecified atom stereocenters. The first-order chi connectivity index (χ1) is 10.1. The number of Topliss-reactive ketones (excluding diaryl/α,β-unsaturated/α-hetero) is 1. The first kappa shape index (κ1) is 15.7. The molecule has 2 aromatic rings. The number of carbonyl (C=O) groups is 2. The number of carbonyl (C=O) groups excluding carboxylic acids is 2. The standard InChI is InChI=1S/C14H15N3O2S2/c1-10(18)12(7-11-5-3-2-4-6-11)16-13(19)8-20-14-17-15-9-21-14/h2-6,9,12H,7-8H2,1H3,(H,16,19)/t12-/m0/s1. The van der Waals surface area contributed by atoms with Crippen LogP contribution in [0.2, 0.25) is 0 Å². The second-order valence-corrected chi connectivity index (χ2v) is 6.47. The second kappa shape index (κ2) is 7.90. The van der Waals surface area contributed by atoms with Gasteiger partial charge in [0.15, 0.2) is 10.1 Å². The molecule has 0 bridgehead atoms. The van der Waals surface area contributed by atoms with E-state index in [2.05, 4.69) is 15.5 Å². The van der Waals surface area contributed by atoms with E-state index in [0.717, 1.165) is 9.90 Å². The van der Waals surface area contributed by atoms with Crippen molar-refractivity contribution in [3.05, 3.63) is 41.4 Å². The third-order valence-corrected chi connectivity index (χ3v) is 4.64. The Bertz CT molecular complexity index is 588. The third kappa shape index (κ3) is 5.28. The van der Waals surface area contributed by atoms with Gasteiger partial charge in [-0.3, -0.25) is 9.59 Å². The van der Waals surface area contributed by atoms with E-state index in [9.17, 15) is 9.59 Å². The molecule has 0 radical (unpaired) electrons. The summed E-state index contributed by atoms with van der Waals surface area (Å²) in [6, 6.07) is 9.15. The van der Waals surface area contributed by atoms with Gasteiger partial charge in [0.2, 0.25) is 5.91 Å². The number of benzene rings is 1. The van der Waals surface area contributed by atoms with E-state index < -0.39 is 6.04 Å². The zero-order chi connectivity index (χ0) is 15.1. The quantitative estimate of drug-likeness (QED) is 0.789. The van der Waals surface area contributed by atoms with Gasteiger partial charge >= 0.3 is 0 Å². The summed E-state index contributed by atoms with van der Waals surface area (Å²) in [5.41, 5.74) is 2.64. The zero-order valence-corrected chi connectivity index (χ0v) is 13.1. The normalized spacial score (nSPS) is 11.9. The predicted octanol–water partition coefficient (Wildman–Crippen LogP) is 1.95. The smallest absolute Gasteiger partial charge is 0.231 e. The van der Waals surface area contributed by atoms with E-state index in [-0.39, 0.29) is 17.4 Å². The van der Waals surface area contributed by atoms with Gasteiger partial charge in [-0.1, -0.05) is 53.4 Å². The predicted molar refractivity (Wildman–Crippen MR) is 83.4 cm³/mol.